The Bertz CT molecular complexity index is 538. The van der Waals surface area contributed by atoms with Gasteiger partial charge in [0, 0.05) is 58.4 Å². The summed E-state index contributed by atoms with van der Waals surface area (Å²) in [6.45, 7) is 6.57. The van der Waals surface area contributed by atoms with Crippen LogP contribution in [0.15, 0.2) is 22.5 Å². The molecule has 2 saturated heterocycles. The summed E-state index contributed by atoms with van der Waals surface area (Å²) in [6, 6.07) is 5.40. The first-order valence-corrected chi connectivity index (χ1v) is 10.2. The first kappa shape index (κ1) is 18.5. The number of guanidine groups is 1. The maximum Gasteiger partial charge on any atom is 0.191 e. The van der Waals surface area contributed by atoms with E-state index in [4.69, 9.17) is 0 Å². The minimum atomic E-state index is 0.508. The van der Waals surface area contributed by atoms with Crippen molar-refractivity contribution >= 4 is 22.3 Å². The van der Waals surface area contributed by atoms with E-state index in [1.807, 2.05) is 18.4 Å². The van der Waals surface area contributed by atoms with Crippen LogP contribution in [0.4, 0.5) is 5.00 Å². The quantitative estimate of drug-likeness (QED) is 0.619. The van der Waals surface area contributed by atoms with Gasteiger partial charge < -0.3 is 20.4 Å². The number of rotatable bonds is 4. The van der Waals surface area contributed by atoms with Gasteiger partial charge in [0.15, 0.2) is 5.96 Å². The minimum absolute atomic E-state index is 0.508. The zero-order valence-corrected chi connectivity index (χ0v) is 16.6. The SMILES string of the molecule is CN=C(NCC1CN(C)CCN1C)NC1CCN(c2cccs2)CC1. The third kappa shape index (κ3) is 5.09. The summed E-state index contributed by atoms with van der Waals surface area (Å²) in [7, 11) is 6.29. The van der Waals surface area contributed by atoms with Crippen LogP contribution in [0.1, 0.15) is 12.8 Å². The largest absolute Gasteiger partial charge is 0.363 e. The molecular formula is C18H32N6S. The van der Waals surface area contributed by atoms with Gasteiger partial charge >= 0.3 is 0 Å². The first-order chi connectivity index (χ1) is 12.2. The van der Waals surface area contributed by atoms with Crippen molar-refractivity contribution in [1.82, 2.24) is 20.4 Å². The molecule has 7 heteroatoms. The summed E-state index contributed by atoms with van der Waals surface area (Å²) in [5, 5.41) is 10.7. The van der Waals surface area contributed by atoms with E-state index in [0.29, 0.717) is 12.1 Å². The summed E-state index contributed by atoms with van der Waals surface area (Å²) in [6.07, 6.45) is 2.31. The van der Waals surface area contributed by atoms with Crippen molar-refractivity contribution < 1.29 is 0 Å². The van der Waals surface area contributed by atoms with Crippen molar-refractivity contribution in [3.63, 3.8) is 0 Å². The number of piperidine rings is 1. The van der Waals surface area contributed by atoms with Gasteiger partial charge in [-0.3, -0.25) is 9.89 Å². The zero-order chi connectivity index (χ0) is 17.6. The van der Waals surface area contributed by atoms with Crippen molar-refractivity contribution in [3.8, 4) is 0 Å². The molecule has 1 aromatic rings. The van der Waals surface area contributed by atoms with Crippen LogP contribution in [0, 0.1) is 0 Å². The van der Waals surface area contributed by atoms with Crippen molar-refractivity contribution in [2.45, 2.75) is 24.9 Å². The second-order valence-corrected chi connectivity index (χ2v) is 8.13. The van der Waals surface area contributed by atoms with Crippen LogP contribution >= 0.6 is 11.3 Å². The van der Waals surface area contributed by atoms with E-state index in [2.05, 4.69) is 61.9 Å². The normalized spacial score (nSPS) is 24.5. The van der Waals surface area contributed by atoms with Crippen LogP contribution in [0.3, 0.4) is 0 Å². The number of anilines is 1. The van der Waals surface area contributed by atoms with Gasteiger partial charge in [0.1, 0.15) is 0 Å². The van der Waals surface area contributed by atoms with Crippen LogP contribution in [0.2, 0.25) is 0 Å². The third-order valence-electron chi connectivity index (χ3n) is 5.36. The number of hydrogen-bond donors (Lipinski definition) is 2. The highest BCUT2D eigenvalue weighted by molar-refractivity contribution is 7.14. The number of nitrogens with one attached hydrogen (secondary N) is 2. The van der Waals surface area contributed by atoms with Gasteiger partial charge in [0.25, 0.3) is 0 Å². The Morgan fingerprint density at radius 3 is 2.72 bits per heavy atom. The molecule has 0 aromatic carbocycles. The van der Waals surface area contributed by atoms with Gasteiger partial charge in [-0.05, 0) is 44.4 Å². The summed E-state index contributed by atoms with van der Waals surface area (Å²) in [5.41, 5.74) is 0. The molecule has 2 aliphatic rings. The number of thiophene rings is 1. The van der Waals surface area contributed by atoms with Crippen molar-refractivity contribution in [2.75, 3.05) is 65.3 Å². The molecule has 3 rings (SSSR count). The molecule has 0 radical (unpaired) electrons. The van der Waals surface area contributed by atoms with Gasteiger partial charge in [-0.2, -0.15) is 0 Å². The summed E-state index contributed by atoms with van der Waals surface area (Å²) >= 11 is 1.83. The standard InChI is InChI=1S/C18H32N6S/c1-19-18(20-13-16-14-22(2)10-11-23(16)3)21-15-6-8-24(9-7-15)17-5-4-12-25-17/h4-5,12,15-16H,6-11,13-14H2,1-3H3,(H2,19,20,21). The van der Waals surface area contributed by atoms with E-state index in [0.717, 1.165) is 58.1 Å². The van der Waals surface area contributed by atoms with Crippen LogP contribution in [-0.4, -0.2) is 88.3 Å². The predicted molar refractivity (Wildman–Crippen MR) is 108 cm³/mol. The van der Waals surface area contributed by atoms with E-state index < -0.39 is 0 Å². The van der Waals surface area contributed by atoms with Crippen LogP contribution in [0.5, 0.6) is 0 Å². The monoisotopic (exact) mass is 364 g/mol. The minimum Gasteiger partial charge on any atom is -0.363 e. The lowest BCUT2D eigenvalue weighted by atomic mass is 10.1. The van der Waals surface area contributed by atoms with Crippen LogP contribution < -0.4 is 15.5 Å². The van der Waals surface area contributed by atoms with Crippen LogP contribution in [0.25, 0.3) is 0 Å². The molecule has 25 heavy (non-hydrogen) atoms. The average molecular weight is 365 g/mol. The van der Waals surface area contributed by atoms with Gasteiger partial charge in [0.05, 0.1) is 5.00 Å². The van der Waals surface area contributed by atoms with Gasteiger partial charge in [-0.15, -0.1) is 11.3 Å². The Kier molecular flexibility index (Phi) is 6.56. The molecule has 1 atom stereocenters. The summed E-state index contributed by atoms with van der Waals surface area (Å²) < 4.78 is 0. The van der Waals surface area contributed by atoms with Crippen molar-refractivity contribution in [2.24, 2.45) is 4.99 Å². The van der Waals surface area contributed by atoms with Crippen molar-refractivity contribution in [1.29, 1.82) is 0 Å². The highest BCUT2D eigenvalue weighted by atomic mass is 32.1. The molecule has 0 aliphatic carbocycles. The molecule has 2 aliphatic heterocycles. The molecule has 1 aromatic heterocycles. The predicted octanol–water partition coefficient (Wildman–Crippen LogP) is 1.13. The Hall–Kier alpha value is -1.31. The Balaban J connectivity index is 1.42. The molecule has 0 amide bonds. The molecule has 3 heterocycles. The molecule has 0 bridgehead atoms. The second kappa shape index (κ2) is 8.87. The lowest BCUT2D eigenvalue weighted by molar-refractivity contribution is 0.116. The maximum atomic E-state index is 4.43. The molecular weight excluding hydrogens is 332 g/mol. The van der Waals surface area contributed by atoms with E-state index in [-0.39, 0.29) is 0 Å². The van der Waals surface area contributed by atoms with E-state index >= 15 is 0 Å². The molecule has 6 nitrogen and oxygen atoms in total. The topological polar surface area (TPSA) is 46.1 Å². The smallest absolute Gasteiger partial charge is 0.191 e. The number of likely N-dealkylation sites (N-methyl/N-ethyl adjacent to an activating group) is 2. The molecule has 1 unspecified atom stereocenters. The highest BCUT2D eigenvalue weighted by Crippen LogP contribution is 2.24. The molecule has 2 N–H and O–H groups in total. The molecule has 140 valence electrons. The number of aliphatic imine (C=N–C) groups is 1. The van der Waals surface area contributed by atoms with E-state index in [1.54, 1.807) is 0 Å². The van der Waals surface area contributed by atoms with Crippen molar-refractivity contribution in [3.05, 3.63) is 17.5 Å². The Labute approximate surface area is 155 Å². The molecule has 2 fully saturated rings. The average Bonchev–Trinajstić information content (AvgIpc) is 3.16. The lowest BCUT2D eigenvalue weighted by Gasteiger charge is -2.38. The third-order valence-corrected chi connectivity index (χ3v) is 6.29. The Morgan fingerprint density at radius 2 is 2.04 bits per heavy atom. The van der Waals surface area contributed by atoms with Gasteiger partial charge in [0.2, 0.25) is 0 Å². The maximum absolute atomic E-state index is 4.43. The van der Waals surface area contributed by atoms with E-state index in [1.165, 1.54) is 5.00 Å². The fraction of sp³-hybridized carbons (Fsp3) is 0.722. The summed E-state index contributed by atoms with van der Waals surface area (Å²) in [4.78, 5) is 11.8. The fourth-order valence-corrected chi connectivity index (χ4v) is 4.40. The number of hydrogen-bond acceptors (Lipinski definition) is 5. The first-order valence-electron chi connectivity index (χ1n) is 9.30. The van der Waals surface area contributed by atoms with Gasteiger partial charge in [-0.1, -0.05) is 0 Å². The summed E-state index contributed by atoms with van der Waals surface area (Å²) in [5.74, 6) is 0.941. The van der Waals surface area contributed by atoms with Crippen LogP contribution in [-0.2, 0) is 0 Å². The van der Waals surface area contributed by atoms with Gasteiger partial charge in [-0.25, -0.2) is 0 Å². The molecule has 0 spiro atoms. The fourth-order valence-electron chi connectivity index (χ4n) is 3.62. The number of piperazine rings is 1. The second-order valence-electron chi connectivity index (χ2n) is 7.21. The Morgan fingerprint density at radius 1 is 1.24 bits per heavy atom. The number of nitrogens with zero attached hydrogens (tertiary/aromatic N) is 4. The zero-order valence-electron chi connectivity index (χ0n) is 15.7. The van der Waals surface area contributed by atoms with E-state index in [9.17, 15) is 0 Å². The highest BCUT2D eigenvalue weighted by Gasteiger charge is 2.23. The lowest BCUT2D eigenvalue weighted by Crippen LogP contribution is -2.56. The molecule has 0 saturated carbocycles.